The molecule has 5 nitrogen and oxygen atoms in total. The zero-order valence-electron chi connectivity index (χ0n) is 6.51. The van der Waals surface area contributed by atoms with Crippen molar-refractivity contribution in [2.75, 3.05) is 0 Å². The van der Waals surface area contributed by atoms with Crippen molar-refractivity contribution in [1.29, 1.82) is 0 Å². The van der Waals surface area contributed by atoms with Gasteiger partial charge in [0.25, 0.3) is 0 Å². The molecular weight excluding hydrogens is 162 g/mol. The Hall–Kier alpha value is -0.200. The first kappa shape index (κ1) is 8.40. The van der Waals surface area contributed by atoms with Crippen LogP contribution < -0.4 is 5.32 Å². The predicted molar refractivity (Wildman–Crippen MR) is 39.1 cm³/mol. The summed E-state index contributed by atoms with van der Waals surface area (Å²) in [6.07, 6.45) is -2.47. The van der Waals surface area contributed by atoms with Crippen molar-refractivity contribution in [2.24, 2.45) is 0 Å². The number of piperidine rings is 1. The number of hydrogen-bond donors (Lipinski definition) is 5. The van der Waals surface area contributed by atoms with Crippen LogP contribution in [0.25, 0.3) is 0 Å². The van der Waals surface area contributed by atoms with Crippen LogP contribution in [-0.2, 0) is 0 Å². The molecule has 12 heavy (non-hydrogen) atoms. The topological polar surface area (TPSA) is 93.0 Å². The summed E-state index contributed by atoms with van der Waals surface area (Å²) in [6, 6.07) is -0.298. The van der Waals surface area contributed by atoms with Crippen LogP contribution >= 0.6 is 0 Å². The van der Waals surface area contributed by atoms with Crippen molar-refractivity contribution in [2.45, 2.75) is 42.9 Å². The molecule has 2 rings (SSSR count). The summed E-state index contributed by atoms with van der Waals surface area (Å²) in [6.45, 7) is 0. The van der Waals surface area contributed by atoms with Crippen LogP contribution in [0, 0.1) is 0 Å². The van der Waals surface area contributed by atoms with Gasteiger partial charge in [0, 0.05) is 12.5 Å². The second-order valence-electron chi connectivity index (χ2n) is 3.69. The van der Waals surface area contributed by atoms with Crippen molar-refractivity contribution in [1.82, 2.24) is 5.32 Å². The normalized spacial score (nSPS) is 59.0. The van der Waals surface area contributed by atoms with Gasteiger partial charge in [-0.1, -0.05) is 0 Å². The van der Waals surface area contributed by atoms with Gasteiger partial charge in [-0.15, -0.1) is 0 Å². The minimum absolute atomic E-state index is 0.0793. The molecule has 0 spiro atoms. The Morgan fingerprint density at radius 1 is 1.17 bits per heavy atom. The summed E-state index contributed by atoms with van der Waals surface area (Å²) in [5.74, 6) is 0. The average Bonchev–Trinajstić information content (AvgIpc) is 2.22. The van der Waals surface area contributed by atoms with Crippen LogP contribution in [0.15, 0.2) is 0 Å². The highest BCUT2D eigenvalue weighted by atomic mass is 16.4. The molecule has 2 heterocycles. The lowest BCUT2D eigenvalue weighted by Gasteiger charge is -2.37. The van der Waals surface area contributed by atoms with Crippen LogP contribution in [0.5, 0.6) is 0 Å². The van der Waals surface area contributed by atoms with Crippen molar-refractivity contribution in [3.05, 3.63) is 0 Å². The van der Waals surface area contributed by atoms with Gasteiger partial charge in [0.05, 0.1) is 12.2 Å². The Morgan fingerprint density at radius 2 is 1.83 bits per heavy atom. The molecule has 0 aromatic carbocycles. The summed E-state index contributed by atoms with van der Waals surface area (Å²) < 4.78 is 0. The Bertz CT molecular complexity index is 196. The fourth-order valence-corrected chi connectivity index (χ4v) is 2.07. The number of fused-ring (bicyclic) bond motifs is 2. The van der Waals surface area contributed by atoms with Crippen molar-refractivity contribution in [3.8, 4) is 0 Å². The van der Waals surface area contributed by atoms with Crippen molar-refractivity contribution >= 4 is 0 Å². The van der Waals surface area contributed by atoms with E-state index in [4.69, 9.17) is 0 Å². The van der Waals surface area contributed by atoms with E-state index in [2.05, 4.69) is 5.32 Å². The van der Waals surface area contributed by atoms with E-state index < -0.39 is 24.0 Å². The van der Waals surface area contributed by atoms with Crippen molar-refractivity contribution < 1.29 is 20.4 Å². The molecule has 70 valence electrons. The molecule has 0 aromatic rings. The van der Waals surface area contributed by atoms with Gasteiger partial charge in [0.2, 0.25) is 0 Å². The molecular formula is C7H13NO4. The fraction of sp³-hybridized carbons (Fsp3) is 1.00. The Kier molecular flexibility index (Phi) is 1.68. The maximum absolute atomic E-state index is 9.65. The first-order chi connectivity index (χ1) is 5.53. The molecule has 5 atom stereocenters. The molecule has 2 aliphatic rings. The second kappa shape index (κ2) is 2.40. The number of aliphatic hydroxyl groups is 4. The summed E-state index contributed by atoms with van der Waals surface area (Å²) in [5.41, 5.74) is -1.50. The lowest BCUT2D eigenvalue weighted by molar-refractivity contribution is -0.153. The van der Waals surface area contributed by atoms with Gasteiger partial charge in [-0.05, 0) is 6.42 Å². The van der Waals surface area contributed by atoms with Crippen LogP contribution in [0.3, 0.4) is 0 Å². The third-order valence-corrected chi connectivity index (χ3v) is 2.77. The summed E-state index contributed by atoms with van der Waals surface area (Å²) in [7, 11) is 0. The minimum Gasteiger partial charge on any atom is -0.391 e. The SMILES string of the molecule is O[C@@H]1C[C@@H]2N[C@@](O)(C[C@@H]2O)[C@H]1O. The maximum Gasteiger partial charge on any atom is 0.147 e. The van der Waals surface area contributed by atoms with Gasteiger partial charge in [0.1, 0.15) is 11.8 Å². The monoisotopic (exact) mass is 175 g/mol. The van der Waals surface area contributed by atoms with Crippen LogP contribution in [-0.4, -0.2) is 50.5 Å². The molecule has 2 bridgehead atoms. The summed E-state index contributed by atoms with van der Waals surface area (Å²) >= 11 is 0. The third-order valence-electron chi connectivity index (χ3n) is 2.77. The van der Waals surface area contributed by atoms with Crippen LogP contribution in [0.2, 0.25) is 0 Å². The lowest BCUT2D eigenvalue weighted by Crippen LogP contribution is -2.61. The van der Waals surface area contributed by atoms with Crippen molar-refractivity contribution in [3.63, 3.8) is 0 Å². The smallest absolute Gasteiger partial charge is 0.147 e. The third kappa shape index (κ3) is 0.982. The molecule has 2 saturated heterocycles. The highest BCUT2D eigenvalue weighted by Crippen LogP contribution is 2.34. The zero-order valence-corrected chi connectivity index (χ0v) is 6.51. The van der Waals surface area contributed by atoms with Gasteiger partial charge < -0.3 is 20.4 Å². The number of hydrogen-bond acceptors (Lipinski definition) is 5. The van der Waals surface area contributed by atoms with Crippen LogP contribution in [0.4, 0.5) is 0 Å². The number of aliphatic hydroxyl groups excluding tert-OH is 3. The molecule has 5 heteroatoms. The number of rotatable bonds is 0. The average molecular weight is 175 g/mol. The molecule has 0 aliphatic carbocycles. The summed E-state index contributed by atoms with van der Waals surface area (Å²) in [5, 5.41) is 40.3. The van der Waals surface area contributed by atoms with E-state index in [0.717, 1.165) is 0 Å². The number of nitrogens with one attached hydrogen (secondary N) is 1. The van der Waals surface area contributed by atoms with E-state index in [1.54, 1.807) is 0 Å². The first-order valence-corrected chi connectivity index (χ1v) is 4.07. The minimum atomic E-state index is -1.50. The largest absolute Gasteiger partial charge is 0.391 e. The maximum atomic E-state index is 9.65. The van der Waals surface area contributed by atoms with E-state index in [9.17, 15) is 20.4 Å². The molecule has 0 aromatic heterocycles. The van der Waals surface area contributed by atoms with E-state index in [1.165, 1.54) is 0 Å². The van der Waals surface area contributed by atoms with Crippen LogP contribution in [0.1, 0.15) is 12.8 Å². The van der Waals surface area contributed by atoms with Gasteiger partial charge in [-0.2, -0.15) is 0 Å². The highest BCUT2D eigenvalue weighted by molar-refractivity contribution is 5.07. The van der Waals surface area contributed by atoms with Gasteiger partial charge in [0.15, 0.2) is 0 Å². The van der Waals surface area contributed by atoms with E-state index in [1.807, 2.05) is 0 Å². The first-order valence-electron chi connectivity index (χ1n) is 4.07. The molecule has 0 saturated carbocycles. The Balaban J connectivity index is 2.24. The van der Waals surface area contributed by atoms with E-state index in [-0.39, 0.29) is 18.9 Å². The van der Waals surface area contributed by atoms with E-state index >= 15 is 0 Å². The highest BCUT2D eigenvalue weighted by Gasteiger charge is 2.54. The predicted octanol–water partition coefficient (Wildman–Crippen LogP) is -2.48. The quantitative estimate of drug-likeness (QED) is 0.281. The molecule has 0 unspecified atom stereocenters. The fourth-order valence-electron chi connectivity index (χ4n) is 2.07. The second-order valence-corrected chi connectivity index (χ2v) is 3.69. The summed E-state index contributed by atoms with van der Waals surface area (Å²) in [4.78, 5) is 0. The van der Waals surface area contributed by atoms with Gasteiger partial charge >= 0.3 is 0 Å². The van der Waals surface area contributed by atoms with Gasteiger partial charge in [-0.3, -0.25) is 5.32 Å². The zero-order chi connectivity index (χ0) is 8.93. The molecule has 0 radical (unpaired) electrons. The Labute approximate surface area is 69.6 Å². The Morgan fingerprint density at radius 3 is 2.50 bits per heavy atom. The molecule has 0 amide bonds. The molecule has 2 aliphatic heterocycles. The molecule has 2 fully saturated rings. The standard InChI is InChI=1S/C7H13NO4/c9-4-1-3-5(10)2-7(12,8-3)6(4)11/h3-6,8-12H,1-2H2/t3-,4+,5-,6-,7+/m0/s1. The molecule has 5 N–H and O–H groups in total. The van der Waals surface area contributed by atoms with Gasteiger partial charge in [-0.25, -0.2) is 0 Å². The van der Waals surface area contributed by atoms with E-state index in [0.29, 0.717) is 0 Å². The lowest BCUT2D eigenvalue weighted by atomic mass is 9.96.